The normalized spacial score (nSPS) is 18.8. The van der Waals surface area contributed by atoms with Crippen LogP contribution >= 0.6 is 0 Å². The Labute approximate surface area is 144 Å². The van der Waals surface area contributed by atoms with Crippen LogP contribution in [0.3, 0.4) is 0 Å². The molecule has 0 unspecified atom stereocenters. The lowest BCUT2D eigenvalue weighted by atomic mass is 9.94. The fourth-order valence-electron chi connectivity index (χ4n) is 3.24. The highest BCUT2D eigenvalue weighted by Crippen LogP contribution is 2.39. The van der Waals surface area contributed by atoms with Crippen LogP contribution in [0.25, 0.3) is 0 Å². The van der Waals surface area contributed by atoms with Crippen LogP contribution in [0, 0.1) is 5.92 Å². The van der Waals surface area contributed by atoms with Crippen molar-refractivity contribution in [1.29, 1.82) is 0 Å². The number of pyridine rings is 1. The summed E-state index contributed by atoms with van der Waals surface area (Å²) in [6, 6.07) is 3.97. The van der Waals surface area contributed by atoms with E-state index >= 15 is 0 Å². The number of carbonyl (C=O) groups is 2. The third kappa shape index (κ3) is 3.60. The summed E-state index contributed by atoms with van der Waals surface area (Å²) in [5.74, 6) is 0.869. The van der Waals surface area contributed by atoms with Gasteiger partial charge in [-0.25, -0.2) is 0 Å². The Kier molecular flexibility index (Phi) is 4.88. The second-order valence-electron chi connectivity index (χ2n) is 7.35. The summed E-state index contributed by atoms with van der Waals surface area (Å²) in [7, 11) is 1.86. The Bertz CT molecular complexity index is 617. The fraction of sp³-hybridized carbons (Fsp3) is 0.632. The molecule has 2 amide bonds. The predicted molar refractivity (Wildman–Crippen MR) is 92.7 cm³/mol. The van der Waals surface area contributed by atoms with Crippen LogP contribution in [0.15, 0.2) is 18.3 Å². The van der Waals surface area contributed by atoms with Gasteiger partial charge in [-0.15, -0.1) is 0 Å². The first kappa shape index (κ1) is 16.9. The molecule has 0 bridgehead atoms. The zero-order valence-electron chi connectivity index (χ0n) is 14.9. The van der Waals surface area contributed by atoms with E-state index in [-0.39, 0.29) is 23.8 Å². The van der Waals surface area contributed by atoms with E-state index in [9.17, 15) is 9.59 Å². The molecule has 1 aliphatic carbocycles. The lowest BCUT2D eigenvalue weighted by molar-refractivity contribution is -0.137. The molecule has 5 heteroatoms. The van der Waals surface area contributed by atoms with Crippen LogP contribution in [0.2, 0.25) is 0 Å². The molecule has 130 valence electrons. The van der Waals surface area contributed by atoms with Crippen LogP contribution in [-0.2, 0) is 4.79 Å². The van der Waals surface area contributed by atoms with Gasteiger partial charge in [-0.05, 0) is 51.7 Å². The summed E-state index contributed by atoms with van der Waals surface area (Å²) in [6.07, 6.45) is 5.61. The van der Waals surface area contributed by atoms with Gasteiger partial charge in [0.15, 0.2) is 0 Å². The number of nitrogens with zero attached hydrogens (tertiary/aromatic N) is 3. The molecule has 2 aliphatic rings. The van der Waals surface area contributed by atoms with Crippen molar-refractivity contribution in [3.8, 4) is 0 Å². The van der Waals surface area contributed by atoms with Crippen LogP contribution in [0.4, 0.5) is 0 Å². The second kappa shape index (κ2) is 6.91. The Morgan fingerprint density at radius 2 is 1.88 bits per heavy atom. The van der Waals surface area contributed by atoms with Crippen molar-refractivity contribution in [2.24, 2.45) is 5.92 Å². The topological polar surface area (TPSA) is 53.5 Å². The average Bonchev–Trinajstić information content (AvgIpc) is 3.45. The van der Waals surface area contributed by atoms with Gasteiger partial charge in [0, 0.05) is 55.5 Å². The Morgan fingerprint density at radius 3 is 2.46 bits per heavy atom. The van der Waals surface area contributed by atoms with E-state index in [0.29, 0.717) is 19.0 Å². The minimum absolute atomic E-state index is 0.0425. The van der Waals surface area contributed by atoms with Gasteiger partial charge in [-0.2, -0.15) is 0 Å². The number of hydrogen-bond donors (Lipinski definition) is 0. The smallest absolute Gasteiger partial charge is 0.253 e. The average molecular weight is 329 g/mol. The molecule has 1 saturated heterocycles. The maximum absolute atomic E-state index is 12.7. The molecule has 3 rings (SSSR count). The predicted octanol–water partition coefficient (Wildman–Crippen LogP) is 2.68. The van der Waals surface area contributed by atoms with E-state index in [1.54, 1.807) is 12.3 Å². The zero-order chi connectivity index (χ0) is 17.3. The van der Waals surface area contributed by atoms with E-state index in [0.717, 1.165) is 24.1 Å². The van der Waals surface area contributed by atoms with Crippen molar-refractivity contribution in [2.75, 3.05) is 20.1 Å². The third-order valence-electron chi connectivity index (χ3n) is 5.28. The molecule has 0 N–H and O–H groups in total. The molecular weight excluding hydrogens is 302 g/mol. The minimum atomic E-state index is 0.0425. The first-order valence-corrected chi connectivity index (χ1v) is 8.99. The van der Waals surface area contributed by atoms with Gasteiger partial charge in [0.05, 0.1) is 0 Å². The number of piperidine rings is 1. The first-order chi connectivity index (χ1) is 11.5. The molecule has 1 aromatic heterocycles. The second-order valence-corrected chi connectivity index (χ2v) is 7.35. The SMILES string of the molecule is CC(C)N(C)C(=O)C1CCN(C(=O)c2ccnc(C3CC3)c2)CC1. The Morgan fingerprint density at radius 1 is 1.21 bits per heavy atom. The summed E-state index contributed by atoms with van der Waals surface area (Å²) in [5, 5.41) is 0. The molecule has 1 aliphatic heterocycles. The highest BCUT2D eigenvalue weighted by atomic mass is 16.2. The molecule has 1 aromatic rings. The van der Waals surface area contributed by atoms with Gasteiger partial charge in [0.2, 0.25) is 5.91 Å². The van der Waals surface area contributed by atoms with E-state index < -0.39 is 0 Å². The number of likely N-dealkylation sites (tertiary alicyclic amines) is 1. The van der Waals surface area contributed by atoms with Crippen LogP contribution < -0.4 is 0 Å². The van der Waals surface area contributed by atoms with Gasteiger partial charge in [-0.1, -0.05) is 0 Å². The van der Waals surface area contributed by atoms with Gasteiger partial charge >= 0.3 is 0 Å². The van der Waals surface area contributed by atoms with Gasteiger partial charge in [0.25, 0.3) is 5.91 Å². The summed E-state index contributed by atoms with van der Waals surface area (Å²) >= 11 is 0. The molecule has 0 spiro atoms. The molecule has 24 heavy (non-hydrogen) atoms. The zero-order valence-corrected chi connectivity index (χ0v) is 14.9. The maximum atomic E-state index is 12.7. The number of carbonyl (C=O) groups excluding carboxylic acids is 2. The lowest BCUT2D eigenvalue weighted by Gasteiger charge is -2.34. The van der Waals surface area contributed by atoms with Crippen molar-refractivity contribution >= 4 is 11.8 Å². The quantitative estimate of drug-likeness (QED) is 0.853. The molecule has 2 fully saturated rings. The largest absolute Gasteiger partial charge is 0.343 e. The van der Waals surface area contributed by atoms with E-state index in [1.165, 1.54) is 12.8 Å². The van der Waals surface area contributed by atoms with Crippen LogP contribution in [0.1, 0.15) is 61.5 Å². The maximum Gasteiger partial charge on any atom is 0.253 e. The Balaban J connectivity index is 1.59. The minimum Gasteiger partial charge on any atom is -0.343 e. The van der Waals surface area contributed by atoms with Crippen molar-refractivity contribution in [2.45, 2.75) is 51.5 Å². The highest BCUT2D eigenvalue weighted by molar-refractivity contribution is 5.94. The summed E-state index contributed by atoms with van der Waals surface area (Å²) in [5.41, 5.74) is 1.78. The fourth-order valence-corrected chi connectivity index (χ4v) is 3.24. The van der Waals surface area contributed by atoms with E-state index in [1.807, 2.05) is 36.8 Å². The molecule has 1 saturated carbocycles. The molecule has 2 heterocycles. The first-order valence-electron chi connectivity index (χ1n) is 8.99. The number of aromatic nitrogens is 1. The molecule has 0 radical (unpaired) electrons. The standard InChI is InChI=1S/C19H27N3O2/c1-13(2)21(3)18(23)15-7-10-22(11-8-15)19(24)16-6-9-20-17(12-16)14-4-5-14/h6,9,12-15H,4-5,7-8,10-11H2,1-3H3. The number of hydrogen-bond acceptors (Lipinski definition) is 3. The Hall–Kier alpha value is -1.91. The van der Waals surface area contributed by atoms with E-state index in [2.05, 4.69) is 4.98 Å². The van der Waals surface area contributed by atoms with Crippen LogP contribution in [0.5, 0.6) is 0 Å². The van der Waals surface area contributed by atoms with Crippen molar-refractivity contribution < 1.29 is 9.59 Å². The van der Waals surface area contributed by atoms with Gasteiger partial charge in [0.1, 0.15) is 0 Å². The summed E-state index contributed by atoms with van der Waals surface area (Å²) in [4.78, 5) is 33.2. The molecule has 0 atom stereocenters. The van der Waals surface area contributed by atoms with Crippen molar-refractivity contribution in [3.63, 3.8) is 0 Å². The lowest BCUT2D eigenvalue weighted by Crippen LogP contribution is -2.45. The number of rotatable bonds is 4. The third-order valence-corrected chi connectivity index (χ3v) is 5.28. The van der Waals surface area contributed by atoms with Gasteiger partial charge in [-0.3, -0.25) is 14.6 Å². The van der Waals surface area contributed by atoms with Crippen molar-refractivity contribution in [1.82, 2.24) is 14.8 Å². The summed E-state index contributed by atoms with van der Waals surface area (Å²) in [6.45, 7) is 5.36. The monoisotopic (exact) mass is 329 g/mol. The van der Waals surface area contributed by atoms with Crippen LogP contribution in [-0.4, -0.2) is 52.8 Å². The number of amides is 2. The van der Waals surface area contributed by atoms with Crippen molar-refractivity contribution in [3.05, 3.63) is 29.6 Å². The van der Waals surface area contributed by atoms with E-state index in [4.69, 9.17) is 0 Å². The summed E-state index contributed by atoms with van der Waals surface area (Å²) < 4.78 is 0. The molecule has 5 nitrogen and oxygen atoms in total. The molecule has 0 aromatic carbocycles. The highest BCUT2D eigenvalue weighted by Gasteiger charge is 2.31. The van der Waals surface area contributed by atoms with Gasteiger partial charge < -0.3 is 9.80 Å². The molecular formula is C19H27N3O2.